The van der Waals surface area contributed by atoms with Crippen molar-refractivity contribution in [2.75, 3.05) is 4.90 Å². The first-order valence-electron chi connectivity index (χ1n) is 18.6. The Morgan fingerprint density at radius 1 is 0.418 bits per heavy atom. The molecule has 11 aromatic rings. The molecule has 4 nitrogen and oxygen atoms in total. The third-order valence-electron chi connectivity index (χ3n) is 10.8. The van der Waals surface area contributed by atoms with Gasteiger partial charge < -0.3 is 13.9 Å². The highest BCUT2D eigenvalue weighted by molar-refractivity contribution is 6.11. The number of aromatic nitrogens is 2. The van der Waals surface area contributed by atoms with Crippen LogP contribution in [0.1, 0.15) is 0 Å². The summed E-state index contributed by atoms with van der Waals surface area (Å²) >= 11 is 0. The highest BCUT2D eigenvalue weighted by Crippen LogP contribution is 2.42. The Balaban J connectivity index is 1.10. The maximum Gasteiger partial charge on any atom is 0.227 e. The first-order valence-corrected chi connectivity index (χ1v) is 18.6. The molecule has 55 heavy (non-hydrogen) atoms. The van der Waals surface area contributed by atoms with E-state index in [1.165, 1.54) is 38.2 Å². The number of hydrogen-bond donors (Lipinski definition) is 0. The summed E-state index contributed by atoms with van der Waals surface area (Å²) in [6.45, 7) is 0. The maximum atomic E-state index is 6.24. The van der Waals surface area contributed by atoms with Crippen LogP contribution in [0.15, 0.2) is 205 Å². The molecule has 2 heterocycles. The fourth-order valence-corrected chi connectivity index (χ4v) is 8.22. The highest BCUT2D eigenvalue weighted by Gasteiger charge is 2.19. The summed E-state index contributed by atoms with van der Waals surface area (Å²) in [6, 6.07) is 71.2. The molecule has 0 fully saturated rings. The van der Waals surface area contributed by atoms with Crippen LogP contribution in [0.5, 0.6) is 0 Å². The number of oxazole rings is 1. The van der Waals surface area contributed by atoms with Crippen molar-refractivity contribution in [3.05, 3.63) is 200 Å². The molecular weight excluding hydrogens is 671 g/mol. The van der Waals surface area contributed by atoms with Gasteiger partial charge in [0.2, 0.25) is 5.89 Å². The van der Waals surface area contributed by atoms with Gasteiger partial charge in [-0.25, -0.2) is 4.98 Å². The lowest BCUT2D eigenvalue weighted by molar-refractivity contribution is 0.620. The summed E-state index contributed by atoms with van der Waals surface area (Å²) in [5, 5.41) is 7.08. The molecule has 0 spiro atoms. The lowest BCUT2D eigenvalue weighted by Gasteiger charge is -2.26. The predicted octanol–water partition coefficient (Wildman–Crippen LogP) is 14.0. The van der Waals surface area contributed by atoms with E-state index in [0.29, 0.717) is 5.89 Å². The number of anilines is 3. The Morgan fingerprint density at radius 3 is 1.91 bits per heavy atom. The monoisotopic (exact) mass is 703 g/mol. The zero-order valence-electron chi connectivity index (χ0n) is 29.8. The second-order valence-corrected chi connectivity index (χ2v) is 14.0. The van der Waals surface area contributed by atoms with Crippen molar-refractivity contribution in [1.29, 1.82) is 0 Å². The quantitative estimate of drug-likeness (QED) is 0.173. The van der Waals surface area contributed by atoms with E-state index in [2.05, 4.69) is 173 Å². The largest absolute Gasteiger partial charge is 0.436 e. The van der Waals surface area contributed by atoms with Gasteiger partial charge in [-0.1, -0.05) is 121 Å². The summed E-state index contributed by atoms with van der Waals surface area (Å²) in [4.78, 5) is 7.33. The predicted molar refractivity (Wildman–Crippen MR) is 229 cm³/mol. The van der Waals surface area contributed by atoms with Crippen LogP contribution in [-0.2, 0) is 0 Å². The molecule has 0 aliphatic rings. The van der Waals surface area contributed by atoms with Gasteiger partial charge in [0, 0.05) is 44.5 Å². The molecule has 9 aromatic carbocycles. The smallest absolute Gasteiger partial charge is 0.227 e. The van der Waals surface area contributed by atoms with E-state index in [1.807, 2.05) is 36.4 Å². The van der Waals surface area contributed by atoms with E-state index >= 15 is 0 Å². The second-order valence-electron chi connectivity index (χ2n) is 14.0. The van der Waals surface area contributed by atoms with Crippen LogP contribution in [-0.4, -0.2) is 9.55 Å². The van der Waals surface area contributed by atoms with E-state index in [4.69, 9.17) is 9.40 Å². The van der Waals surface area contributed by atoms with Crippen molar-refractivity contribution in [3.63, 3.8) is 0 Å². The van der Waals surface area contributed by atoms with E-state index in [-0.39, 0.29) is 0 Å². The van der Waals surface area contributed by atoms with E-state index in [1.54, 1.807) is 0 Å². The van der Waals surface area contributed by atoms with Gasteiger partial charge in [0.15, 0.2) is 5.58 Å². The molecule has 0 aliphatic heterocycles. The van der Waals surface area contributed by atoms with Gasteiger partial charge in [-0.3, -0.25) is 0 Å². The highest BCUT2D eigenvalue weighted by atomic mass is 16.3. The molecule has 258 valence electrons. The van der Waals surface area contributed by atoms with Crippen LogP contribution >= 0.6 is 0 Å². The number of hydrogen-bond acceptors (Lipinski definition) is 3. The van der Waals surface area contributed by atoms with Crippen molar-refractivity contribution in [2.45, 2.75) is 0 Å². The van der Waals surface area contributed by atoms with Gasteiger partial charge in [-0.15, -0.1) is 0 Å². The van der Waals surface area contributed by atoms with E-state index in [0.717, 1.165) is 55.7 Å². The summed E-state index contributed by atoms with van der Waals surface area (Å²) in [5.41, 5.74) is 11.7. The van der Waals surface area contributed by atoms with Crippen LogP contribution < -0.4 is 4.90 Å². The summed E-state index contributed by atoms with van der Waals surface area (Å²) < 4.78 is 8.62. The topological polar surface area (TPSA) is 34.2 Å². The Kier molecular flexibility index (Phi) is 7.14. The lowest BCUT2D eigenvalue weighted by atomic mass is 9.98. The van der Waals surface area contributed by atoms with Crippen LogP contribution in [0.2, 0.25) is 0 Å². The molecule has 0 amide bonds. The molecule has 0 N–H and O–H groups in total. The molecule has 0 unspecified atom stereocenters. The van der Waals surface area contributed by atoms with E-state index in [9.17, 15) is 0 Å². The zero-order valence-corrected chi connectivity index (χ0v) is 29.8. The Labute approximate surface area is 317 Å². The van der Waals surface area contributed by atoms with Crippen molar-refractivity contribution in [3.8, 4) is 28.3 Å². The second kappa shape index (κ2) is 12.6. The fraction of sp³-hybridized carbons (Fsp3) is 0. The summed E-state index contributed by atoms with van der Waals surface area (Å²) in [6.07, 6.45) is 0. The van der Waals surface area contributed by atoms with Crippen LogP contribution in [0.4, 0.5) is 17.1 Å². The van der Waals surface area contributed by atoms with E-state index < -0.39 is 0 Å². The first kappa shape index (κ1) is 31.1. The number of rotatable bonds is 6. The third kappa shape index (κ3) is 5.19. The van der Waals surface area contributed by atoms with Gasteiger partial charge in [0.25, 0.3) is 0 Å². The van der Waals surface area contributed by atoms with Gasteiger partial charge in [-0.2, -0.15) is 0 Å². The molecule has 0 aliphatic carbocycles. The molecule has 0 bridgehead atoms. The molecule has 0 radical (unpaired) electrons. The molecule has 11 rings (SSSR count). The zero-order chi connectivity index (χ0) is 36.3. The van der Waals surface area contributed by atoms with Crippen LogP contribution in [0.25, 0.3) is 82.7 Å². The van der Waals surface area contributed by atoms with Gasteiger partial charge in [0.05, 0.1) is 11.0 Å². The molecule has 4 heteroatoms. The molecule has 0 saturated carbocycles. The van der Waals surface area contributed by atoms with Gasteiger partial charge in [0.1, 0.15) is 5.52 Å². The first-order chi connectivity index (χ1) is 27.3. The molecule has 2 aromatic heterocycles. The standard InChI is InChI=1S/C51H33N3O/c1-3-13-36(14-4-1)51-52-50-44-29-27-40(32-37(44)24-31-49(50)55-51)53(39-25-22-35(23-26-39)43-20-11-15-34-12-7-8-18-42(34)43)41-28-30-46-45-19-9-10-21-47(45)54(48(46)33-41)38-16-5-2-6-17-38/h1-33H. The van der Waals surface area contributed by atoms with Crippen molar-refractivity contribution in [1.82, 2.24) is 9.55 Å². The van der Waals surface area contributed by atoms with Crippen molar-refractivity contribution in [2.24, 2.45) is 0 Å². The Hall–Kier alpha value is -7.43. The average Bonchev–Trinajstić information content (AvgIpc) is 3.84. The minimum Gasteiger partial charge on any atom is -0.436 e. The van der Waals surface area contributed by atoms with Crippen molar-refractivity contribution < 1.29 is 4.42 Å². The molecular formula is C51H33N3O. The molecule has 0 saturated heterocycles. The molecule has 0 atom stereocenters. The maximum absolute atomic E-state index is 6.24. The number of para-hydroxylation sites is 2. The summed E-state index contributed by atoms with van der Waals surface area (Å²) in [5.74, 6) is 0.627. The van der Waals surface area contributed by atoms with Crippen molar-refractivity contribution >= 4 is 71.5 Å². The van der Waals surface area contributed by atoms with Crippen LogP contribution in [0, 0.1) is 0 Å². The van der Waals surface area contributed by atoms with Crippen LogP contribution in [0.3, 0.4) is 0 Å². The van der Waals surface area contributed by atoms with Gasteiger partial charge in [-0.05, 0) is 106 Å². The van der Waals surface area contributed by atoms with Gasteiger partial charge >= 0.3 is 0 Å². The Morgan fingerprint density at radius 2 is 1.07 bits per heavy atom. The average molecular weight is 704 g/mol. The summed E-state index contributed by atoms with van der Waals surface area (Å²) in [7, 11) is 0. The SMILES string of the molecule is c1ccc(-c2nc3c(ccc4cc(N(c5ccc(-c6cccc7ccccc67)cc5)c5ccc6c7ccccc7n(-c7ccccc7)c6c5)ccc43)o2)cc1. The minimum atomic E-state index is 0.627. The third-order valence-corrected chi connectivity index (χ3v) is 10.8. The normalized spacial score (nSPS) is 11.6. The number of benzene rings is 9. The lowest BCUT2D eigenvalue weighted by Crippen LogP contribution is -2.10. The number of fused-ring (bicyclic) bond motifs is 7. The Bertz CT molecular complexity index is 3190. The minimum absolute atomic E-state index is 0.627. The number of nitrogens with zero attached hydrogens (tertiary/aromatic N) is 3. The fourth-order valence-electron chi connectivity index (χ4n) is 8.22.